The summed E-state index contributed by atoms with van der Waals surface area (Å²) >= 11 is 0. The smallest absolute Gasteiger partial charge is 0.407 e. The predicted molar refractivity (Wildman–Crippen MR) is 50.8 cm³/mol. The maximum atomic E-state index is 12.8. The zero-order chi connectivity index (χ0) is 10.1. The quantitative estimate of drug-likeness (QED) is 0.810. The monoisotopic (exact) mass is 235 g/mol. The molecule has 0 aromatic heterocycles. The van der Waals surface area contributed by atoms with Gasteiger partial charge >= 0.3 is 6.09 Å². The highest BCUT2D eigenvalue weighted by molar-refractivity contribution is 5.85. The summed E-state index contributed by atoms with van der Waals surface area (Å²) in [5.41, 5.74) is 0.495. The van der Waals surface area contributed by atoms with Gasteiger partial charge in [-0.05, 0) is 17.7 Å². The molecule has 3 nitrogen and oxygen atoms in total. The number of amides is 1. The molecule has 0 aliphatic carbocycles. The third-order valence-corrected chi connectivity index (χ3v) is 2.02. The molecule has 0 radical (unpaired) electrons. The number of nitrogens with one attached hydrogen (secondary N) is 1. The molecule has 1 aromatic carbocycles. The van der Waals surface area contributed by atoms with Crippen LogP contribution in [0.4, 0.5) is 13.6 Å². The zero-order valence-electron chi connectivity index (χ0n) is 7.50. The number of hydrogen-bond donors (Lipinski definition) is 1. The first-order chi connectivity index (χ1) is 6.66. The van der Waals surface area contributed by atoms with Crippen molar-refractivity contribution in [3.8, 4) is 0 Å². The lowest BCUT2D eigenvalue weighted by atomic mass is 10.1. The molecule has 15 heavy (non-hydrogen) atoms. The van der Waals surface area contributed by atoms with Gasteiger partial charge in [-0.2, -0.15) is 0 Å². The van der Waals surface area contributed by atoms with Crippen LogP contribution in [0.5, 0.6) is 0 Å². The molecule has 0 unspecified atom stereocenters. The molecule has 82 valence electrons. The first-order valence-electron chi connectivity index (χ1n) is 4.05. The highest BCUT2D eigenvalue weighted by atomic mass is 35.5. The molecule has 6 heteroatoms. The minimum Gasteiger partial charge on any atom is -0.447 e. The van der Waals surface area contributed by atoms with Gasteiger partial charge in [-0.25, -0.2) is 13.6 Å². The fraction of sp³-hybridized carbons (Fsp3) is 0.222. The predicted octanol–water partition coefficient (Wildman–Crippen LogP) is 2.17. The van der Waals surface area contributed by atoms with E-state index in [1.165, 1.54) is 6.07 Å². The van der Waals surface area contributed by atoms with Crippen molar-refractivity contribution < 1.29 is 18.3 Å². The lowest BCUT2D eigenvalue weighted by Gasteiger charge is -2.07. The van der Waals surface area contributed by atoms with Crippen LogP contribution in [0.3, 0.4) is 0 Å². The second-order valence-electron chi connectivity index (χ2n) is 2.97. The topological polar surface area (TPSA) is 38.3 Å². The van der Waals surface area contributed by atoms with Crippen molar-refractivity contribution in [2.75, 3.05) is 6.61 Å². The molecule has 0 spiro atoms. The molecule has 1 aliphatic rings. The highest BCUT2D eigenvalue weighted by Crippen LogP contribution is 2.19. The number of benzene rings is 1. The van der Waals surface area contributed by atoms with Crippen molar-refractivity contribution in [1.82, 2.24) is 5.32 Å². The van der Waals surface area contributed by atoms with Crippen molar-refractivity contribution in [3.63, 3.8) is 0 Å². The SMILES string of the molecule is Cl.O=C1N[C@H](c2ccc(F)c(F)c2)CO1. The number of alkyl carbamates (subject to hydrolysis) is 1. The van der Waals surface area contributed by atoms with Gasteiger partial charge in [0.15, 0.2) is 11.6 Å². The van der Waals surface area contributed by atoms with E-state index in [-0.39, 0.29) is 19.0 Å². The molecule has 1 amide bonds. The Labute approximate surface area is 90.8 Å². The van der Waals surface area contributed by atoms with E-state index in [1.54, 1.807) is 0 Å². The van der Waals surface area contributed by atoms with E-state index in [1.807, 2.05) is 0 Å². The molecule has 1 aliphatic heterocycles. The summed E-state index contributed by atoms with van der Waals surface area (Å²) in [5, 5.41) is 2.47. The molecule has 1 saturated heterocycles. The Balaban J connectivity index is 0.00000112. The van der Waals surface area contributed by atoms with E-state index in [4.69, 9.17) is 0 Å². The summed E-state index contributed by atoms with van der Waals surface area (Å²) in [6, 6.07) is 3.10. The second-order valence-corrected chi connectivity index (χ2v) is 2.97. The number of rotatable bonds is 1. The lowest BCUT2D eigenvalue weighted by Crippen LogP contribution is -2.18. The molecule has 0 bridgehead atoms. The van der Waals surface area contributed by atoms with Crippen LogP contribution in [-0.2, 0) is 4.74 Å². The standard InChI is InChI=1S/C9H7F2NO2.ClH/c10-6-2-1-5(3-7(6)11)8-4-14-9(13)12-8;/h1-3,8H,4H2,(H,12,13);1H/t8-;/m0./s1. The van der Waals surface area contributed by atoms with Gasteiger partial charge in [0.05, 0.1) is 6.04 Å². The summed E-state index contributed by atoms with van der Waals surface area (Å²) in [5.74, 6) is -1.83. The highest BCUT2D eigenvalue weighted by Gasteiger charge is 2.24. The molecule has 1 atom stereocenters. The Morgan fingerprint density at radius 2 is 2.07 bits per heavy atom. The van der Waals surface area contributed by atoms with E-state index in [9.17, 15) is 13.6 Å². The first kappa shape index (κ1) is 11.7. The Hall–Kier alpha value is -1.36. The van der Waals surface area contributed by atoms with Crippen LogP contribution in [0, 0.1) is 11.6 Å². The Morgan fingerprint density at radius 3 is 2.60 bits per heavy atom. The van der Waals surface area contributed by atoms with Crippen molar-refractivity contribution in [2.24, 2.45) is 0 Å². The first-order valence-corrected chi connectivity index (χ1v) is 4.05. The molecule has 1 fully saturated rings. The van der Waals surface area contributed by atoms with Gasteiger partial charge in [-0.1, -0.05) is 6.07 Å². The minimum atomic E-state index is -0.927. The van der Waals surface area contributed by atoms with Gasteiger partial charge in [0.1, 0.15) is 6.61 Å². The molecule has 0 saturated carbocycles. The van der Waals surface area contributed by atoms with E-state index in [0.29, 0.717) is 5.56 Å². The number of carbonyl (C=O) groups excluding carboxylic acids is 1. The fourth-order valence-electron chi connectivity index (χ4n) is 1.29. The number of carbonyl (C=O) groups is 1. The van der Waals surface area contributed by atoms with Crippen molar-refractivity contribution in [1.29, 1.82) is 0 Å². The van der Waals surface area contributed by atoms with Crippen LogP contribution in [0.25, 0.3) is 0 Å². The maximum absolute atomic E-state index is 12.8. The summed E-state index contributed by atoms with van der Waals surface area (Å²) in [4.78, 5) is 10.7. The summed E-state index contributed by atoms with van der Waals surface area (Å²) in [7, 11) is 0. The average Bonchev–Trinajstić information content (AvgIpc) is 2.57. The minimum absolute atomic E-state index is 0. The van der Waals surface area contributed by atoms with Crippen molar-refractivity contribution in [3.05, 3.63) is 35.4 Å². The van der Waals surface area contributed by atoms with Crippen LogP contribution in [0.2, 0.25) is 0 Å². The molecular formula is C9H8ClF2NO2. The van der Waals surface area contributed by atoms with E-state index in [0.717, 1.165) is 12.1 Å². The normalized spacial score (nSPS) is 19.1. The van der Waals surface area contributed by atoms with Crippen LogP contribution in [0.1, 0.15) is 11.6 Å². The number of hydrogen-bond acceptors (Lipinski definition) is 2. The summed E-state index contributed by atoms with van der Waals surface area (Å²) in [6.45, 7) is 0.143. The van der Waals surface area contributed by atoms with Gasteiger partial charge in [-0.15, -0.1) is 12.4 Å². The molecule has 2 rings (SSSR count). The van der Waals surface area contributed by atoms with Gasteiger partial charge in [0, 0.05) is 0 Å². The Kier molecular flexibility index (Phi) is 3.47. The lowest BCUT2D eigenvalue weighted by molar-refractivity contribution is 0.177. The van der Waals surface area contributed by atoms with Crippen molar-refractivity contribution >= 4 is 18.5 Å². The van der Waals surface area contributed by atoms with Crippen molar-refractivity contribution in [2.45, 2.75) is 6.04 Å². The molecule has 1 heterocycles. The Bertz CT molecular complexity index is 386. The third-order valence-electron chi connectivity index (χ3n) is 2.02. The summed E-state index contributed by atoms with van der Waals surface area (Å²) < 4.78 is 30.0. The number of halogens is 3. The van der Waals surface area contributed by atoms with E-state index >= 15 is 0 Å². The fourth-order valence-corrected chi connectivity index (χ4v) is 1.29. The largest absolute Gasteiger partial charge is 0.447 e. The van der Waals surface area contributed by atoms with Gasteiger partial charge in [0.25, 0.3) is 0 Å². The van der Waals surface area contributed by atoms with Crippen LogP contribution < -0.4 is 5.32 Å². The zero-order valence-corrected chi connectivity index (χ0v) is 8.31. The number of ether oxygens (including phenoxy) is 1. The average molecular weight is 236 g/mol. The van der Waals surface area contributed by atoms with Crippen LogP contribution >= 0.6 is 12.4 Å². The van der Waals surface area contributed by atoms with Crippen LogP contribution in [-0.4, -0.2) is 12.7 Å². The van der Waals surface area contributed by atoms with Gasteiger partial charge in [-0.3, -0.25) is 0 Å². The maximum Gasteiger partial charge on any atom is 0.407 e. The third kappa shape index (κ3) is 2.36. The van der Waals surface area contributed by atoms with Gasteiger partial charge in [0.2, 0.25) is 0 Å². The number of cyclic esters (lactones) is 1. The Morgan fingerprint density at radius 1 is 1.33 bits per heavy atom. The van der Waals surface area contributed by atoms with Crippen LogP contribution in [0.15, 0.2) is 18.2 Å². The molecule has 1 N–H and O–H groups in total. The van der Waals surface area contributed by atoms with Gasteiger partial charge < -0.3 is 10.1 Å². The van der Waals surface area contributed by atoms with E-state index < -0.39 is 23.8 Å². The molecule has 1 aromatic rings. The molecular weight excluding hydrogens is 228 g/mol. The second kappa shape index (κ2) is 4.44. The summed E-state index contributed by atoms with van der Waals surface area (Å²) in [6.07, 6.45) is -0.542. The van der Waals surface area contributed by atoms with E-state index in [2.05, 4.69) is 10.1 Å².